The van der Waals surface area contributed by atoms with Crippen LogP contribution in [0.3, 0.4) is 0 Å². The highest BCUT2D eigenvalue weighted by Crippen LogP contribution is 2.11. The van der Waals surface area contributed by atoms with Crippen molar-refractivity contribution in [2.45, 2.75) is 6.42 Å². The molecule has 22 heavy (non-hydrogen) atoms. The van der Waals surface area contributed by atoms with Gasteiger partial charge in [0, 0.05) is 11.3 Å². The Bertz CT molecular complexity index is 634. The molecular weight excluding hydrogens is 276 g/mol. The number of Topliss-reactive ketones (excluding diaryl/α,β-unsaturated/α-hetero) is 1. The van der Waals surface area contributed by atoms with Gasteiger partial charge in [0.15, 0.2) is 5.78 Å². The molecule has 2 aromatic carbocycles. The lowest BCUT2D eigenvalue weighted by atomic mass is 10.1. The number of carbonyl (C=O) groups excluding carboxylic acids is 2. The largest absolute Gasteiger partial charge is 0.326 e. The van der Waals surface area contributed by atoms with Crippen LogP contribution >= 0.6 is 0 Å². The number of rotatable bonds is 6. The molecule has 0 unspecified atom stereocenters. The van der Waals surface area contributed by atoms with E-state index in [-0.39, 0.29) is 11.7 Å². The third-order valence-electron chi connectivity index (χ3n) is 3.16. The summed E-state index contributed by atoms with van der Waals surface area (Å²) in [5, 5.41) is 2.84. The fourth-order valence-electron chi connectivity index (χ4n) is 2.10. The van der Waals surface area contributed by atoms with Crippen molar-refractivity contribution >= 4 is 17.4 Å². The van der Waals surface area contributed by atoms with E-state index in [4.69, 9.17) is 0 Å². The van der Waals surface area contributed by atoms with E-state index >= 15 is 0 Å². The average Bonchev–Trinajstić information content (AvgIpc) is 2.48. The molecule has 0 fully saturated rings. The number of anilines is 1. The molecule has 0 aliphatic rings. The van der Waals surface area contributed by atoms with Gasteiger partial charge < -0.3 is 10.2 Å². The molecule has 0 aliphatic carbocycles. The maximum Gasteiger partial charge on any atom is 0.228 e. The number of nitrogens with zero attached hydrogens (tertiary/aromatic N) is 1. The summed E-state index contributed by atoms with van der Waals surface area (Å²) >= 11 is 0. The first-order valence-electron chi connectivity index (χ1n) is 7.16. The van der Waals surface area contributed by atoms with Gasteiger partial charge in [-0.15, -0.1) is 0 Å². The summed E-state index contributed by atoms with van der Waals surface area (Å²) in [7, 11) is 3.71. The van der Waals surface area contributed by atoms with Crippen molar-refractivity contribution in [2.24, 2.45) is 0 Å². The number of nitrogens with one attached hydrogen (secondary N) is 1. The molecule has 1 N–H and O–H groups in total. The second-order valence-corrected chi connectivity index (χ2v) is 5.45. The van der Waals surface area contributed by atoms with Crippen LogP contribution < -0.4 is 5.32 Å². The Labute approximate surface area is 130 Å². The first kappa shape index (κ1) is 15.9. The first-order chi connectivity index (χ1) is 10.5. The average molecular weight is 296 g/mol. The Morgan fingerprint density at radius 1 is 0.955 bits per heavy atom. The Balaban J connectivity index is 1.93. The number of benzene rings is 2. The second kappa shape index (κ2) is 7.52. The van der Waals surface area contributed by atoms with Crippen molar-refractivity contribution in [3.05, 3.63) is 65.7 Å². The van der Waals surface area contributed by atoms with Crippen LogP contribution in [-0.2, 0) is 11.2 Å². The molecule has 4 heteroatoms. The van der Waals surface area contributed by atoms with Gasteiger partial charge in [-0.1, -0.05) is 30.3 Å². The summed E-state index contributed by atoms with van der Waals surface area (Å²) in [4.78, 5) is 25.7. The predicted octanol–water partition coefficient (Wildman–Crippen LogP) is 2.61. The summed E-state index contributed by atoms with van der Waals surface area (Å²) in [6, 6.07) is 16.6. The highest BCUT2D eigenvalue weighted by Gasteiger charge is 2.08. The molecule has 0 bridgehead atoms. The number of carbonyl (C=O) groups is 2. The minimum absolute atomic E-state index is 0.0622. The van der Waals surface area contributed by atoms with Crippen molar-refractivity contribution in [2.75, 3.05) is 26.0 Å². The lowest BCUT2D eigenvalue weighted by Crippen LogP contribution is -2.21. The van der Waals surface area contributed by atoms with Crippen molar-refractivity contribution in [1.29, 1.82) is 0 Å². The molecule has 1 amide bonds. The molecular formula is C18H20N2O2. The van der Waals surface area contributed by atoms with Crippen molar-refractivity contribution < 1.29 is 9.59 Å². The Kier molecular flexibility index (Phi) is 5.44. The number of likely N-dealkylation sites (N-methyl/N-ethyl adjacent to an activating group) is 1. The molecule has 2 rings (SSSR count). The second-order valence-electron chi connectivity index (χ2n) is 5.45. The molecule has 0 aromatic heterocycles. The van der Waals surface area contributed by atoms with E-state index in [1.807, 2.05) is 49.3 Å². The third kappa shape index (κ3) is 4.82. The summed E-state index contributed by atoms with van der Waals surface area (Å²) in [5.41, 5.74) is 2.31. The fraction of sp³-hybridized carbons (Fsp3) is 0.222. The summed E-state index contributed by atoms with van der Waals surface area (Å²) < 4.78 is 0. The number of ketones is 1. The van der Waals surface area contributed by atoms with Gasteiger partial charge >= 0.3 is 0 Å². The van der Waals surface area contributed by atoms with Crippen LogP contribution in [0.2, 0.25) is 0 Å². The van der Waals surface area contributed by atoms with E-state index in [1.54, 1.807) is 24.3 Å². The molecule has 0 heterocycles. The maximum absolute atomic E-state index is 12.0. The molecule has 0 atom stereocenters. The Hall–Kier alpha value is -2.46. The lowest BCUT2D eigenvalue weighted by molar-refractivity contribution is -0.115. The van der Waals surface area contributed by atoms with Crippen LogP contribution in [0.5, 0.6) is 0 Å². The summed E-state index contributed by atoms with van der Waals surface area (Å²) in [6.07, 6.45) is 0.335. The Morgan fingerprint density at radius 3 is 2.18 bits per heavy atom. The molecule has 2 aromatic rings. The van der Waals surface area contributed by atoms with Crippen LogP contribution in [0.4, 0.5) is 5.69 Å². The zero-order valence-electron chi connectivity index (χ0n) is 12.9. The SMILES string of the molecule is CN(C)CC(=O)c1ccc(NC(=O)Cc2ccccc2)cc1. The zero-order valence-corrected chi connectivity index (χ0v) is 12.9. The highest BCUT2D eigenvalue weighted by molar-refractivity contribution is 5.98. The lowest BCUT2D eigenvalue weighted by Gasteiger charge is -2.09. The Morgan fingerprint density at radius 2 is 1.59 bits per heavy atom. The van der Waals surface area contributed by atoms with E-state index in [9.17, 15) is 9.59 Å². The van der Waals surface area contributed by atoms with Crippen LogP contribution in [0, 0.1) is 0 Å². The van der Waals surface area contributed by atoms with Gasteiger partial charge in [0.05, 0.1) is 13.0 Å². The molecule has 0 radical (unpaired) electrons. The first-order valence-corrected chi connectivity index (χ1v) is 7.16. The van der Waals surface area contributed by atoms with Crippen molar-refractivity contribution in [3.63, 3.8) is 0 Å². The summed E-state index contributed by atoms with van der Waals surface area (Å²) in [5.74, 6) is -0.00858. The van der Waals surface area contributed by atoms with Gasteiger partial charge in [0.2, 0.25) is 5.91 Å². The highest BCUT2D eigenvalue weighted by atomic mass is 16.1. The standard InChI is InChI=1S/C18H20N2O2/c1-20(2)13-17(21)15-8-10-16(11-9-15)19-18(22)12-14-6-4-3-5-7-14/h3-11H,12-13H2,1-2H3,(H,19,22). The van der Waals surface area contributed by atoms with E-state index in [1.165, 1.54) is 0 Å². The molecule has 0 saturated carbocycles. The quantitative estimate of drug-likeness (QED) is 0.834. The molecule has 4 nitrogen and oxygen atoms in total. The minimum atomic E-state index is -0.0708. The zero-order chi connectivity index (χ0) is 15.9. The van der Waals surface area contributed by atoms with Crippen LogP contribution in [-0.4, -0.2) is 37.2 Å². The van der Waals surface area contributed by atoms with Gasteiger partial charge in [-0.2, -0.15) is 0 Å². The van der Waals surface area contributed by atoms with Crippen LogP contribution in [0.25, 0.3) is 0 Å². The smallest absolute Gasteiger partial charge is 0.228 e. The van der Waals surface area contributed by atoms with E-state index in [2.05, 4.69) is 5.32 Å². The van der Waals surface area contributed by atoms with E-state index < -0.39 is 0 Å². The third-order valence-corrected chi connectivity index (χ3v) is 3.16. The number of hydrogen-bond donors (Lipinski definition) is 1. The van der Waals surface area contributed by atoms with Crippen LogP contribution in [0.15, 0.2) is 54.6 Å². The topological polar surface area (TPSA) is 49.4 Å². The van der Waals surface area contributed by atoms with E-state index in [0.717, 1.165) is 5.56 Å². The van der Waals surface area contributed by atoms with Gasteiger partial charge in [0.25, 0.3) is 0 Å². The molecule has 0 spiro atoms. The van der Waals surface area contributed by atoms with Gasteiger partial charge in [-0.05, 0) is 43.9 Å². The van der Waals surface area contributed by atoms with Gasteiger partial charge in [0.1, 0.15) is 0 Å². The minimum Gasteiger partial charge on any atom is -0.326 e. The molecule has 0 aliphatic heterocycles. The van der Waals surface area contributed by atoms with Gasteiger partial charge in [-0.3, -0.25) is 9.59 Å². The molecule has 0 saturated heterocycles. The fourth-order valence-corrected chi connectivity index (χ4v) is 2.10. The normalized spacial score (nSPS) is 10.5. The summed E-state index contributed by atoms with van der Waals surface area (Å²) in [6.45, 7) is 0.375. The number of amides is 1. The molecule has 114 valence electrons. The maximum atomic E-state index is 12.0. The predicted molar refractivity (Wildman–Crippen MR) is 88.1 cm³/mol. The van der Waals surface area contributed by atoms with Crippen molar-refractivity contribution in [3.8, 4) is 0 Å². The van der Waals surface area contributed by atoms with Gasteiger partial charge in [-0.25, -0.2) is 0 Å². The van der Waals surface area contributed by atoms with E-state index in [0.29, 0.717) is 24.2 Å². The number of hydrogen-bond acceptors (Lipinski definition) is 3. The van der Waals surface area contributed by atoms with Crippen LogP contribution in [0.1, 0.15) is 15.9 Å². The van der Waals surface area contributed by atoms with Crippen molar-refractivity contribution in [1.82, 2.24) is 4.90 Å². The monoisotopic (exact) mass is 296 g/mol.